The molecule has 4 rings (SSSR count). The Kier molecular flexibility index (Phi) is 9.81. The monoisotopic (exact) mass is 543 g/mol. The molecule has 2 heterocycles. The van der Waals surface area contributed by atoms with Crippen LogP contribution in [0.4, 0.5) is 4.79 Å². The molecule has 2 fully saturated rings. The zero-order valence-corrected chi connectivity index (χ0v) is 23.6. The second-order valence-corrected chi connectivity index (χ2v) is 10.8. The van der Waals surface area contributed by atoms with Crippen LogP contribution in [0.1, 0.15) is 49.8 Å². The summed E-state index contributed by atoms with van der Waals surface area (Å²) in [6.07, 6.45) is 2.83. The number of nitrogens with zero attached hydrogens (tertiary/aromatic N) is 2. The summed E-state index contributed by atoms with van der Waals surface area (Å²) < 4.78 is 16.0. The molecule has 2 aliphatic rings. The fraction of sp³-hybridized carbons (Fsp3) is 0.552. The zero-order valence-electron chi connectivity index (χ0n) is 22.7. The minimum atomic E-state index is -0.428. The Morgan fingerprint density at radius 3 is 2.42 bits per heavy atom. The Morgan fingerprint density at radius 2 is 1.76 bits per heavy atom. The van der Waals surface area contributed by atoms with E-state index in [2.05, 4.69) is 39.9 Å². The Morgan fingerprint density at radius 1 is 1.08 bits per heavy atom. The van der Waals surface area contributed by atoms with Crippen LogP contribution < -0.4 is 14.8 Å². The topological polar surface area (TPSA) is 83.5 Å². The number of aliphatic hydroxyl groups is 1. The van der Waals surface area contributed by atoms with E-state index in [0.29, 0.717) is 18.1 Å². The van der Waals surface area contributed by atoms with E-state index < -0.39 is 12.3 Å². The maximum atomic E-state index is 12.3. The van der Waals surface area contributed by atoms with Gasteiger partial charge in [0.05, 0.1) is 26.9 Å². The Balaban J connectivity index is 1.34. The first kappa shape index (κ1) is 28.5. The first-order valence-corrected chi connectivity index (χ1v) is 13.9. The number of methoxy groups -OCH3 is 2. The average Bonchev–Trinajstić information content (AvgIpc) is 3.22. The van der Waals surface area contributed by atoms with Crippen molar-refractivity contribution in [3.05, 3.63) is 53.6 Å². The summed E-state index contributed by atoms with van der Waals surface area (Å²) in [6, 6.07) is 13.7. The van der Waals surface area contributed by atoms with Crippen LogP contribution in [0.5, 0.6) is 11.5 Å². The van der Waals surface area contributed by atoms with Crippen molar-refractivity contribution >= 4 is 18.7 Å². The van der Waals surface area contributed by atoms with Gasteiger partial charge in [-0.1, -0.05) is 18.2 Å². The number of ether oxygens (including phenoxy) is 3. The van der Waals surface area contributed by atoms with Crippen molar-refractivity contribution in [2.75, 3.05) is 47.0 Å². The normalized spacial score (nSPS) is 20.3. The molecular formula is C29H41N3O5S. The molecule has 0 bridgehead atoms. The van der Waals surface area contributed by atoms with Gasteiger partial charge in [-0.05, 0) is 81.1 Å². The number of carbonyl (C=O) groups is 1. The third-order valence-corrected chi connectivity index (χ3v) is 8.37. The van der Waals surface area contributed by atoms with Crippen LogP contribution in [0.15, 0.2) is 47.4 Å². The molecule has 2 aliphatic heterocycles. The van der Waals surface area contributed by atoms with Crippen molar-refractivity contribution in [2.45, 2.75) is 56.3 Å². The van der Waals surface area contributed by atoms with Crippen molar-refractivity contribution in [1.82, 2.24) is 15.1 Å². The van der Waals surface area contributed by atoms with Crippen LogP contribution in [0, 0.1) is 5.41 Å². The number of nitrogens with one attached hydrogen (secondary N) is 1. The summed E-state index contributed by atoms with van der Waals surface area (Å²) in [5.41, 5.74) is 2.09. The molecule has 0 radical (unpaired) electrons. The molecule has 2 unspecified atom stereocenters. The summed E-state index contributed by atoms with van der Waals surface area (Å²) in [5, 5.41) is 14.3. The van der Waals surface area contributed by atoms with Gasteiger partial charge < -0.3 is 29.5 Å². The smallest absolute Gasteiger partial charge is 0.407 e. The van der Waals surface area contributed by atoms with Gasteiger partial charge in [0.25, 0.3) is 0 Å². The summed E-state index contributed by atoms with van der Waals surface area (Å²) in [4.78, 5) is 17.9. The lowest BCUT2D eigenvalue weighted by Crippen LogP contribution is -2.47. The maximum Gasteiger partial charge on any atom is 0.407 e. The minimum Gasteiger partial charge on any atom is -0.493 e. The predicted molar refractivity (Wildman–Crippen MR) is 150 cm³/mol. The highest BCUT2D eigenvalue weighted by atomic mass is 32.1. The molecule has 208 valence electrons. The van der Waals surface area contributed by atoms with E-state index in [1.165, 1.54) is 5.56 Å². The maximum absolute atomic E-state index is 12.3. The van der Waals surface area contributed by atoms with Crippen LogP contribution in [0.2, 0.25) is 0 Å². The molecule has 8 nitrogen and oxygen atoms in total. The SMILES string of the molecule is CCOC(=O)NC(CCN1CCC2(CC1)CCN(Cc1ccc(S)cc1)C2O)c1ccc(OC)c(OC)c1. The van der Waals surface area contributed by atoms with Crippen LogP contribution in [-0.4, -0.2) is 74.2 Å². The molecule has 2 saturated heterocycles. The Labute approximate surface area is 231 Å². The molecule has 38 heavy (non-hydrogen) atoms. The number of carbonyl (C=O) groups excluding carboxylic acids is 1. The fourth-order valence-corrected chi connectivity index (χ4v) is 5.90. The van der Waals surface area contributed by atoms with Crippen LogP contribution in [0.25, 0.3) is 0 Å². The molecule has 2 aromatic rings. The van der Waals surface area contributed by atoms with E-state index in [4.69, 9.17) is 14.2 Å². The molecule has 2 N–H and O–H groups in total. The minimum absolute atomic E-state index is 0.0497. The molecule has 0 aliphatic carbocycles. The number of rotatable bonds is 10. The van der Waals surface area contributed by atoms with E-state index in [1.54, 1.807) is 21.1 Å². The fourth-order valence-electron chi connectivity index (χ4n) is 5.75. The lowest BCUT2D eigenvalue weighted by molar-refractivity contribution is -0.0707. The van der Waals surface area contributed by atoms with Crippen LogP contribution in [-0.2, 0) is 11.3 Å². The van der Waals surface area contributed by atoms with Gasteiger partial charge in [-0.2, -0.15) is 0 Å². The van der Waals surface area contributed by atoms with Gasteiger partial charge in [-0.25, -0.2) is 4.79 Å². The van der Waals surface area contributed by atoms with E-state index in [9.17, 15) is 9.90 Å². The number of benzene rings is 2. The van der Waals surface area contributed by atoms with Crippen molar-refractivity contribution in [3.8, 4) is 11.5 Å². The number of piperidine rings is 1. The summed E-state index contributed by atoms with van der Waals surface area (Å²) in [5.74, 6) is 1.28. The predicted octanol–water partition coefficient (Wildman–Crippen LogP) is 4.48. The molecule has 1 amide bonds. The number of likely N-dealkylation sites (tertiary alicyclic amines) is 2. The molecule has 9 heteroatoms. The zero-order chi connectivity index (χ0) is 27.1. The average molecular weight is 544 g/mol. The van der Waals surface area contributed by atoms with Crippen molar-refractivity contribution in [1.29, 1.82) is 0 Å². The van der Waals surface area contributed by atoms with Crippen molar-refractivity contribution < 1.29 is 24.1 Å². The van der Waals surface area contributed by atoms with Gasteiger partial charge in [0.15, 0.2) is 11.5 Å². The molecule has 1 spiro atoms. The second-order valence-electron chi connectivity index (χ2n) is 10.3. The highest BCUT2D eigenvalue weighted by Crippen LogP contribution is 2.45. The van der Waals surface area contributed by atoms with E-state index in [-0.39, 0.29) is 11.5 Å². The molecule has 0 saturated carbocycles. The van der Waals surface area contributed by atoms with Gasteiger partial charge in [0.1, 0.15) is 6.23 Å². The number of hydrogen-bond acceptors (Lipinski definition) is 8. The van der Waals surface area contributed by atoms with E-state index >= 15 is 0 Å². The van der Waals surface area contributed by atoms with Crippen molar-refractivity contribution in [2.24, 2.45) is 5.41 Å². The number of amides is 1. The van der Waals surface area contributed by atoms with Crippen molar-refractivity contribution in [3.63, 3.8) is 0 Å². The number of thiol groups is 1. The quantitative estimate of drug-likeness (QED) is 0.381. The largest absolute Gasteiger partial charge is 0.493 e. The lowest BCUT2D eigenvalue weighted by atomic mass is 9.76. The van der Waals surface area contributed by atoms with Gasteiger partial charge in [-0.3, -0.25) is 4.90 Å². The number of alkyl carbamates (subject to hydrolysis) is 1. The Bertz CT molecular complexity index is 1060. The van der Waals surface area contributed by atoms with Gasteiger partial charge in [0.2, 0.25) is 0 Å². The number of hydrogen-bond donors (Lipinski definition) is 3. The Hall–Kier alpha value is -2.46. The number of aliphatic hydroxyl groups excluding tert-OH is 1. The van der Waals surface area contributed by atoms with E-state index in [1.807, 2.05) is 30.3 Å². The first-order valence-electron chi connectivity index (χ1n) is 13.4. The van der Waals surface area contributed by atoms with E-state index in [0.717, 1.165) is 68.9 Å². The van der Waals surface area contributed by atoms with Crippen LogP contribution >= 0.6 is 12.6 Å². The first-order chi connectivity index (χ1) is 18.4. The summed E-state index contributed by atoms with van der Waals surface area (Å²) in [7, 11) is 3.21. The molecule has 0 aromatic heterocycles. The second kappa shape index (κ2) is 13.1. The third kappa shape index (κ3) is 6.75. The van der Waals surface area contributed by atoms with Gasteiger partial charge in [-0.15, -0.1) is 12.6 Å². The highest BCUT2D eigenvalue weighted by molar-refractivity contribution is 7.80. The van der Waals surface area contributed by atoms with Gasteiger partial charge >= 0.3 is 6.09 Å². The lowest BCUT2D eigenvalue weighted by Gasteiger charge is -2.42. The summed E-state index contributed by atoms with van der Waals surface area (Å²) in [6.45, 7) is 6.47. The van der Waals surface area contributed by atoms with Gasteiger partial charge in [0, 0.05) is 29.9 Å². The third-order valence-electron chi connectivity index (χ3n) is 8.08. The van der Waals surface area contributed by atoms with Crippen LogP contribution in [0.3, 0.4) is 0 Å². The standard InChI is InChI=1S/C29H41N3O5S/c1-4-37-28(34)30-24(22-7-10-25(35-2)26(19-22)36-3)11-15-31-16-12-29(13-17-31)14-18-32(27(29)33)20-21-5-8-23(38)9-6-21/h5-10,19,24,27,33,38H,4,11-18,20H2,1-3H3,(H,30,34). The molecular weight excluding hydrogens is 502 g/mol. The highest BCUT2D eigenvalue weighted by Gasteiger charge is 2.47. The summed E-state index contributed by atoms with van der Waals surface area (Å²) >= 11 is 4.37. The molecule has 2 aromatic carbocycles. The molecule has 2 atom stereocenters.